The van der Waals surface area contributed by atoms with Crippen molar-refractivity contribution in [1.29, 1.82) is 0 Å². The summed E-state index contributed by atoms with van der Waals surface area (Å²) in [5.41, 5.74) is 4.21. The Hall–Kier alpha value is -3.39. The molecule has 7 nitrogen and oxygen atoms in total. The van der Waals surface area contributed by atoms with Crippen LogP contribution in [0.25, 0.3) is 22.4 Å². The first-order valence-corrected chi connectivity index (χ1v) is 11.0. The monoisotopic (exact) mass is 430 g/mol. The van der Waals surface area contributed by atoms with E-state index in [1.165, 1.54) is 6.07 Å². The van der Waals surface area contributed by atoms with Crippen molar-refractivity contribution in [2.45, 2.75) is 37.8 Å². The van der Waals surface area contributed by atoms with Crippen LogP contribution in [0, 0.1) is 5.82 Å². The molecule has 0 unspecified atom stereocenters. The second kappa shape index (κ2) is 7.63. The zero-order chi connectivity index (χ0) is 21.7. The number of piperidine rings is 1. The Balaban J connectivity index is 1.33. The van der Waals surface area contributed by atoms with Gasteiger partial charge in [-0.2, -0.15) is 0 Å². The van der Waals surface area contributed by atoms with Crippen molar-refractivity contribution in [2.24, 2.45) is 0 Å². The number of aliphatic hydroxyl groups excluding tert-OH is 1. The summed E-state index contributed by atoms with van der Waals surface area (Å²) in [7, 11) is 0. The van der Waals surface area contributed by atoms with E-state index in [9.17, 15) is 9.50 Å². The summed E-state index contributed by atoms with van der Waals surface area (Å²) < 4.78 is 16.0. The minimum absolute atomic E-state index is 0.0292. The molecule has 1 aromatic carbocycles. The maximum absolute atomic E-state index is 13.8. The zero-order valence-corrected chi connectivity index (χ0v) is 17.5. The fourth-order valence-electron chi connectivity index (χ4n) is 4.79. The van der Waals surface area contributed by atoms with Gasteiger partial charge in [0.25, 0.3) is 0 Å². The topological polar surface area (TPSA) is 80.0 Å². The first-order chi connectivity index (χ1) is 15.7. The molecule has 8 heteroatoms. The molecule has 6 rings (SSSR count). The number of benzene rings is 1. The number of aromatic nitrogens is 5. The molecule has 1 fully saturated rings. The number of halogens is 1. The van der Waals surface area contributed by atoms with E-state index < -0.39 is 0 Å². The minimum Gasteiger partial charge on any atom is -0.393 e. The predicted octanol–water partition coefficient (Wildman–Crippen LogP) is 3.52. The van der Waals surface area contributed by atoms with E-state index in [2.05, 4.69) is 19.4 Å². The lowest BCUT2D eigenvalue weighted by atomic mass is 10.0. The van der Waals surface area contributed by atoms with Gasteiger partial charge in [-0.3, -0.25) is 0 Å². The molecule has 2 aliphatic rings. The molecule has 32 heavy (non-hydrogen) atoms. The number of aliphatic hydroxyl groups is 1. The van der Waals surface area contributed by atoms with E-state index in [0.717, 1.165) is 72.6 Å². The molecule has 4 aromatic rings. The average molecular weight is 430 g/mol. The SMILES string of the molecule is OC1CCN(c2ncc(-c3ccc4nc5n(c4n3)[C@@H](c3cccc(F)c3)CC5)cn2)CC1. The van der Waals surface area contributed by atoms with Gasteiger partial charge >= 0.3 is 0 Å². The second-order valence-electron chi connectivity index (χ2n) is 8.54. The van der Waals surface area contributed by atoms with Gasteiger partial charge in [0.15, 0.2) is 5.65 Å². The van der Waals surface area contributed by atoms with Gasteiger partial charge < -0.3 is 14.6 Å². The first-order valence-electron chi connectivity index (χ1n) is 11.0. The lowest BCUT2D eigenvalue weighted by molar-refractivity contribution is 0.145. The molecule has 1 saturated heterocycles. The van der Waals surface area contributed by atoms with Gasteiger partial charge in [0.1, 0.15) is 17.2 Å². The number of pyridine rings is 1. The summed E-state index contributed by atoms with van der Waals surface area (Å²) in [4.78, 5) is 20.9. The fraction of sp³-hybridized carbons (Fsp3) is 0.333. The van der Waals surface area contributed by atoms with Gasteiger partial charge in [-0.15, -0.1) is 0 Å². The maximum atomic E-state index is 13.8. The van der Waals surface area contributed by atoms with Crippen molar-refractivity contribution in [3.63, 3.8) is 0 Å². The van der Waals surface area contributed by atoms with E-state index in [-0.39, 0.29) is 18.0 Å². The largest absolute Gasteiger partial charge is 0.393 e. The van der Waals surface area contributed by atoms with Crippen molar-refractivity contribution in [2.75, 3.05) is 18.0 Å². The van der Waals surface area contributed by atoms with Gasteiger partial charge in [0.05, 0.1) is 17.8 Å². The van der Waals surface area contributed by atoms with Crippen LogP contribution in [-0.4, -0.2) is 48.8 Å². The lowest BCUT2D eigenvalue weighted by Gasteiger charge is -2.29. The van der Waals surface area contributed by atoms with Crippen LogP contribution in [0.4, 0.5) is 10.3 Å². The summed E-state index contributed by atoms with van der Waals surface area (Å²) in [6, 6.07) is 10.7. The van der Waals surface area contributed by atoms with Crippen LogP contribution in [0.2, 0.25) is 0 Å². The van der Waals surface area contributed by atoms with Crippen LogP contribution < -0.4 is 4.90 Å². The van der Waals surface area contributed by atoms with Crippen molar-refractivity contribution < 1.29 is 9.50 Å². The molecule has 0 aliphatic carbocycles. The third-order valence-electron chi connectivity index (χ3n) is 6.48. The highest BCUT2D eigenvalue weighted by atomic mass is 19.1. The van der Waals surface area contributed by atoms with E-state index >= 15 is 0 Å². The minimum atomic E-state index is -0.227. The van der Waals surface area contributed by atoms with Crippen LogP contribution in [0.3, 0.4) is 0 Å². The Morgan fingerprint density at radius 3 is 2.56 bits per heavy atom. The number of fused-ring (bicyclic) bond motifs is 3. The van der Waals surface area contributed by atoms with Crippen molar-refractivity contribution in [3.8, 4) is 11.3 Å². The quantitative estimate of drug-likeness (QED) is 0.536. The molecule has 3 aromatic heterocycles. The smallest absolute Gasteiger partial charge is 0.225 e. The maximum Gasteiger partial charge on any atom is 0.225 e. The number of anilines is 1. The van der Waals surface area contributed by atoms with Gasteiger partial charge in [0, 0.05) is 37.5 Å². The predicted molar refractivity (Wildman–Crippen MR) is 119 cm³/mol. The molecule has 0 radical (unpaired) electrons. The van der Waals surface area contributed by atoms with Crippen molar-refractivity contribution in [3.05, 3.63) is 66.0 Å². The Bertz CT molecular complexity index is 1280. The van der Waals surface area contributed by atoms with E-state index in [1.807, 2.05) is 18.2 Å². The fourth-order valence-corrected chi connectivity index (χ4v) is 4.79. The number of imidazole rings is 1. The molecule has 0 amide bonds. The summed E-state index contributed by atoms with van der Waals surface area (Å²) in [5.74, 6) is 1.44. The Kier molecular flexibility index (Phi) is 4.61. The summed E-state index contributed by atoms with van der Waals surface area (Å²) in [6.45, 7) is 1.52. The third-order valence-corrected chi connectivity index (χ3v) is 6.48. The van der Waals surface area contributed by atoms with Gasteiger partial charge in [0.2, 0.25) is 5.95 Å². The number of hydrogen-bond donors (Lipinski definition) is 1. The number of hydrogen-bond acceptors (Lipinski definition) is 6. The zero-order valence-electron chi connectivity index (χ0n) is 17.5. The van der Waals surface area contributed by atoms with Gasteiger partial charge in [-0.1, -0.05) is 12.1 Å². The Morgan fingerprint density at radius 2 is 1.78 bits per heavy atom. The van der Waals surface area contributed by atoms with E-state index in [4.69, 9.17) is 9.97 Å². The second-order valence-corrected chi connectivity index (χ2v) is 8.54. The van der Waals surface area contributed by atoms with Crippen molar-refractivity contribution >= 4 is 17.1 Å². The van der Waals surface area contributed by atoms with E-state index in [0.29, 0.717) is 5.95 Å². The normalized spacial score (nSPS) is 18.9. The molecular weight excluding hydrogens is 407 g/mol. The van der Waals surface area contributed by atoms with Crippen LogP contribution in [0.15, 0.2) is 48.8 Å². The Labute approximate surface area is 184 Å². The average Bonchev–Trinajstić information content (AvgIpc) is 3.39. The standard InChI is InChI=1S/C24H23FN6O/c25-17-3-1-2-15(12-17)21-6-7-22-28-20-5-4-19(29-23(20)31(21)22)16-13-26-24(27-14-16)30-10-8-18(32)9-11-30/h1-5,12-14,18,21,32H,6-11H2/t21-/m1/s1. The molecule has 0 spiro atoms. The van der Waals surface area contributed by atoms with Crippen LogP contribution in [-0.2, 0) is 6.42 Å². The Morgan fingerprint density at radius 1 is 0.969 bits per heavy atom. The van der Waals surface area contributed by atoms with Crippen molar-refractivity contribution in [1.82, 2.24) is 24.5 Å². The molecule has 0 bridgehead atoms. The van der Waals surface area contributed by atoms with E-state index in [1.54, 1.807) is 24.5 Å². The highest BCUT2D eigenvalue weighted by molar-refractivity contribution is 5.76. The van der Waals surface area contributed by atoms with Crippen LogP contribution >= 0.6 is 0 Å². The number of nitrogens with zero attached hydrogens (tertiary/aromatic N) is 6. The molecule has 162 valence electrons. The molecule has 2 aliphatic heterocycles. The lowest BCUT2D eigenvalue weighted by Crippen LogP contribution is -2.36. The number of rotatable bonds is 3. The molecule has 1 N–H and O–H groups in total. The molecule has 5 heterocycles. The summed E-state index contributed by atoms with van der Waals surface area (Å²) >= 11 is 0. The van der Waals surface area contributed by atoms with Gasteiger partial charge in [-0.05, 0) is 49.1 Å². The molecular formula is C24H23FN6O. The third kappa shape index (κ3) is 3.31. The summed E-state index contributed by atoms with van der Waals surface area (Å²) in [6.07, 6.45) is 6.57. The highest BCUT2D eigenvalue weighted by Crippen LogP contribution is 2.35. The molecule has 1 atom stereocenters. The van der Waals surface area contributed by atoms with Crippen LogP contribution in [0.1, 0.15) is 36.7 Å². The summed E-state index contributed by atoms with van der Waals surface area (Å²) in [5, 5.41) is 9.71. The first kappa shape index (κ1) is 19.3. The highest BCUT2D eigenvalue weighted by Gasteiger charge is 2.28. The number of aryl methyl sites for hydroxylation is 1. The van der Waals surface area contributed by atoms with Crippen LogP contribution in [0.5, 0.6) is 0 Å². The van der Waals surface area contributed by atoms with Gasteiger partial charge in [-0.25, -0.2) is 24.3 Å². The molecule has 0 saturated carbocycles.